The summed E-state index contributed by atoms with van der Waals surface area (Å²) in [5, 5.41) is 3.70. The first-order valence-electron chi connectivity index (χ1n) is 10.8. The molecule has 2 aromatic rings. The average molecular weight is 422 g/mol. The van der Waals surface area contributed by atoms with Crippen LogP contribution in [0.1, 0.15) is 37.5 Å². The van der Waals surface area contributed by atoms with Crippen molar-refractivity contribution in [3.63, 3.8) is 0 Å². The molecule has 1 unspecified atom stereocenters. The van der Waals surface area contributed by atoms with Crippen molar-refractivity contribution in [2.24, 2.45) is 0 Å². The minimum atomic E-state index is -0.360. The molecule has 2 aliphatic rings. The number of benzene rings is 2. The third kappa shape index (κ3) is 4.38. The van der Waals surface area contributed by atoms with E-state index in [0.717, 1.165) is 17.7 Å². The Balaban J connectivity index is 1.30. The minimum Gasteiger partial charge on any atom is -0.442 e. The van der Waals surface area contributed by atoms with Gasteiger partial charge in [0.05, 0.1) is 13.1 Å². The van der Waals surface area contributed by atoms with E-state index >= 15 is 0 Å². The molecule has 1 atom stereocenters. The molecule has 0 bridgehead atoms. The molecule has 2 amide bonds. The lowest BCUT2D eigenvalue weighted by Crippen LogP contribution is -2.55. The van der Waals surface area contributed by atoms with Crippen LogP contribution in [0.5, 0.6) is 0 Å². The molecule has 1 N–H and O–H groups in total. The molecule has 164 valence electrons. The fraction of sp³-hybridized carbons (Fsp3) is 0.440. The smallest absolute Gasteiger partial charge is 0.410 e. The number of fused-ring (bicyclic) bond motifs is 1. The van der Waals surface area contributed by atoms with Crippen LogP contribution < -0.4 is 5.32 Å². The summed E-state index contributed by atoms with van der Waals surface area (Å²) in [6, 6.07) is 17.2. The molecule has 31 heavy (non-hydrogen) atoms. The second-order valence-electron chi connectivity index (χ2n) is 9.26. The molecule has 2 aromatic carbocycles. The molecule has 1 fully saturated rings. The zero-order chi connectivity index (χ0) is 22.2. The molecular weight excluding hydrogens is 390 g/mol. The molecule has 0 saturated carbocycles. The van der Waals surface area contributed by atoms with Gasteiger partial charge in [-0.1, -0.05) is 50.2 Å². The molecular formula is C25H31N3O3. The third-order valence-corrected chi connectivity index (χ3v) is 6.59. The van der Waals surface area contributed by atoms with Gasteiger partial charge in [-0.3, -0.25) is 4.79 Å². The van der Waals surface area contributed by atoms with Crippen molar-refractivity contribution < 1.29 is 14.3 Å². The van der Waals surface area contributed by atoms with Gasteiger partial charge in [0, 0.05) is 37.7 Å². The Hall–Kier alpha value is -3.02. The van der Waals surface area contributed by atoms with Crippen molar-refractivity contribution in [1.29, 1.82) is 0 Å². The van der Waals surface area contributed by atoms with E-state index in [-0.39, 0.29) is 23.5 Å². The molecule has 1 heterocycles. The summed E-state index contributed by atoms with van der Waals surface area (Å²) >= 11 is 0. The summed E-state index contributed by atoms with van der Waals surface area (Å²) < 4.78 is 5.45. The van der Waals surface area contributed by atoms with E-state index in [1.165, 1.54) is 18.1 Å². The van der Waals surface area contributed by atoms with E-state index in [1.54, 1.807) is 16.8 Å². The van der Waals surface area contributed by atoms with Gasteiger partial charge in [-0.05, 0) is 35.2 Å². The number of hydrogen-bond donors (Lipinski definition) is 1. The number of amides is 2. The van der Waals surface area contributed by atoms with E-state index in [4.69, 9.17) is 4.74 Å². The maximum Gasteiger partial charge on any atom is 0.410 e. The van der Waals surface area contributed by atoms with Gasteiger partial charge in [0.2, 0.25) is 5.91 Å². The Kier molecular flexibility index (Phi) is 5.65. The Morgan fingerprint density at radius 2 is 1.81 bits per heavy atom. The lowest BCUT2D eigenvalue weighted by atomic mass is 9.83. The normalized spacial score (nSPS) is 19.4. The number of nitrogens with one attached hydrogen (secondary N) is 1. The van der Waals surface area contributed by atoms with Gasteiger partial charge in [0.15, 0.2) is 0 Å². The molecule has 1 aliphatic carbocycles. The van der Waals surface area contributed by atoms with Crippen LogP contribution in [0.3, 0.4) is 0 Å². The Bertz CT molecular complexity index is 964. The zero-order valence-electron chi connectivity index (χ0n) is 18.7. The maximum absolute atomic E-state index is 12.3. The number of carbonyl (C=O) groups is 2. The summed E-state index contributed by atoms with van der Waals surface area (Å²) in [6.45, 7) is 7.55. The minimum absolute atomic E-state index is 0.0132. The van der Waals surface area contributed by atoms with Crippen LogP contribution in [0.4, 0.5) is 10.5 Å². The maximum atomic E-state index is 12.3. The fourth-order valence-electron chi connectivity index (χ4n) is 4.47. The van der Waals surface area contributed by atoms with Crippen molar-refractivity contribution in [2.45, 2.75) is 51.3 Å². The van der Waals surface area contributed by atoms with Crippen LogP contribution in [-0.4, -0.2) is 54.1 Å². The lowest BCUT2D eigenvalue weighted by molar-refractivity contribution is -0.139. The first-order valence-corrected chi connectivity index (χ1v) is 10.8. The molecule has 6 heteroatoms. The number of rotatable bonds is 5. The van der Waals surface area contributed by atoms with Crippen LogP contribution in [0.2, 0.25) is 0 Å². The summed E-state index contributed by atoms with van der Waals surface area (Å²) in [7, 11) is 1.73. The van der Waals surface area contributed by atoms with Crippen LogP contribution in [-0.2, 0) is 27.9 Å². The highest BCUT2D eigenvalue weighted by Gasteiger charge is 2.39. The van der Waals surface area contributed by atoms with Crippen molar-refractivity contribution in [2.75, 3.05) is 25.5 Å². The predicted molar refractivity (Wildman–Crippen MR) is 121 cm³/mol. The molecule has 6 nitrogen and oxygen atoms in total. The SMILES string of the molecule is CC(=O)N1CC(OC(=O)N(C)Cc2ccc(NC3Cc4ccccc4C3(C)C)cc2)C1. The van der Waals surface area contributed by atoms with Crippen molar-refractivity contribution >= 4 is 17.7 Å². The van der Waals surface area contributed by atoms with Crippen molar-refractivity contribution in [1.82, 2.24) is 9.80 Å². The largest absolute Gasteiger partial charge is 0.442 e. The highest BCUT2D eigenvalue weighted by molar-refractivity contribution is 5.74. The fourth-order valence-corrected chi connectivity index (χ4v) is 4.47. The van der Waals surface area contributed by atoms with Crippen LogP contribution in [0.25, 0.3) is 0 Å². The summed E-state index contributed by atoms with van der Waals surface area (Å²) in [5.74, 6) is 0.0132. The molecule has 4 rings (SSSR count). The number of ether oxygens (including phenoxy) is 1. The molecule has 0 spiro atoms. The van der Waals surface area contributed by atoms with Gasteiger partial charge < -0.3 is 19.9 Å². The Morgan fingerprint density at radius 1 is 1.13 bits per heavy atom. The summed E-state index contributed by atoms with van der Waals surface area (Å²) in [5.41, 5.74) is 5.03. The van der Waals surface area contributed by atoms with Gasteiger partial charge in [-0.15, -0.1) is 0 Å². The van der Waals surface area contributed by atoms with Crippen LogP contribution in [0, 0.1) is 0 Å². The highest BCUT2D eigenvalue weighted by Crippen LogP contribution is 2.39. The van der Waals surface area contributed by atoms with E-state index in [2.05, 4.69) is 55.6 Å². The molecule has 1 saturated heterocycles. The second-order valence-corrected chi connectivity index (χ2v) is 9.26. The van der Waals surface area contributed by atoms with E-state index < -0.39 is 0 Å². The first-order chi connectivity index (χ1) is 14.7. The van der Waals surface area contributed by atoms with Gasteiger partial charge in [-0.25, -0.2) is 4.79 Å². The molecule has 1 aliphatic heterocycles. The number of nitrogens with zero attached hydrogens (tertiary/aromatic N) is 2. The monoisotopic (exact) mass is 421 g/mol. The average Bonchev–Trinajstić information content (AvgIpc) is 2.95. The van der Waals surface area contributed by atoms with Gasteiger partial charge in [-0.2, -0.15) is 0 Å². The number of likely N-dealkylation sites (tertiary alicyclic amines) is 1. The third-order valence-electron chi connectivity index (χ3n) is 6.59. The predicted octanol–water partition coefficient (Wildman–Crippen LogP) is 3.80. The zero-order valence-corrected chi connectivity index (χ0v) is 18.7. The van der Waals surface area contributed by atoms with Crippen molar-refractivity contribution in [3.05, 3.63) is 65.2 Å². The number of anilines is 1. The standard InChI is InChI=1S/C25H31N3O3/c1-17(29)28-15-21(16-28)31-24(30)27(4)14-18-9-11-20(12-10-18)26-23-13-19-7-5-6-8-22(19)25(23,2)3/h5-12,21,23,26H,13-16H2,1-4H3. The number of hydrogen-bond acceptors (Lipinski definition) is 4. The van der Waals surface area contributed by atoms with Crippen LogP contribution in [0.15, 0.2) is 48.5 Å². The van der Waals surface area contributed by atoms with E-state index in [0.29, 0.717) is 25.7 Å². The molecule has 0 radical (unpaired) electrons. The van der Waals surface area contributed by atoms with E-state index in [9.17, 15) is 9.59 Å². The first kappa shape index (κ1) is 21.2. The lowest BCUT2D eigenvalue weighted by Gasteiger charge is -2.38. The summed E-state index contributed by atoms with van der Waals surface area (Å²) in [6.07, 6.45) is 0.451. The van der Waals surface area contributed by atoms with Gasteiger partial charge in [0.25, 0.3) is 0 Å². The Labute approximate surface area is 184 Å². The quantitative estimate of drug-likeness (QED) is 0.798. The highest BCUT2D eigenvalue weighted by atomic mass is 16.6. The van der Waals surface area contributed by atoms with Gasteiger partial charge in [0.1, 0.15) is 6.10 Å². The van der Waals surface area contributed by atoms with Crippen molar-refractivity contribution in [3.8, 4) is 0 Å². The van der Waals surface area contributed by atoms with Crippen LogP contribution >= 0.6 is 0 Å². The summed E-state index contributed by atoms with van der Waals surface area (Å²) in [4.78, 5) is 26.7. The topological polar surface area (TPSA) is 61.9 Å². The number of carbonyl (C=O) groups excluding carboxylic acids is 2. The second kappa shape index (κ2) is 8.25. The van der Waals surface area contributed by atoms with E-state index in [1.807, 2.05) is 12.1 Å². The van der Waals surface area contributed by atoms with Gasteiger partial charge >= 0.3 is 6.09 Å². The molecule has 0 aromatic heterocycles. The Morgan fingerprint density at radius 3 is 2.45 bits per heavy atom.